The number of rotatable bonds is 10. The Morgan fingerprint density at radius 1 is 0.969 bits per heavy atom. The maximum absolute atomic E-state index is 11.6. The van der Waals surface area contributed by atoms with Crippen molar-refractivity contribution in [1.82, 2.24) is 0 Å². The first kappa shape index (κ1) is 22.9. The Bertz CT molecular complexity index is 1050. The molecule has 0 heterocycles. The van der Waals surface area contributed by atoms with E-state index in [-0.39, 0.29) is 12.0 Å². The number of carbonyl (C=O) groups is 2. The summed E-state index contributed by atoms with van der Waals surface area (Å²) in [7, 11) is 0. The number of carbonyl (C=O) groups excluding carboxylic acids is 2. The third kappa shape index (κ3) is 6.60. The number of aryl methyl sites for hydroxylation is 1. The molecular formula is C26H28N2O4. The van der Waals surface area contributed by atoms with Gasteiger partial charge in [0.1, 0.15) is 12.4 Å². The lowest BCUT2D eigenvalue weighted by Crippen LogP contribution is -2.19. The lowest BCUT2D eigenvalue weighted by atomic mass is 10.0. The van der Waals surface area contributed by atoms with E-state index in [0.29, 0.717) is 17.9 Å². The molecule has 1 amide bonds. The molecule has 0 aromatic heterocycles. The van der Waals surface area contributed by atoms with Gasteiger partial charge in [0.05, 0.1) is 5.69 Å². The first-order chi connectivity index (χ1) is 15.4. The fourth-order valence-corrected chi connectivity index (χ4v) is 3.32. The first-order valence-corrected chi connectivity index (χ1v) is 10.6. The molecule has 0 unspecified atom stereocenters. The molecule has 3 aromatic carbocycles. The van der Waals surface area contributed by atoms with Crippen molar-refractivity contribution in [1.29, 1.82) is 0 Å². The topological polar surface area (TPSA) is 90.7 Å². The Labute approximate surface area is 188 Å². The SMILES string of the molecule is CC(=O)Oc1cccc(COc2ccccc2)c1N[C@H](C)CCc1ccc(C(N)=O)cc1. The van der Waals surface area contributed by atoms with Gasteiger partial charge in [0.25, 0.3) is 0 Å². The van der Waals surface area contributed by atoms with E-state index in [1.165, 1.54) is 6.92 Å². The van der Waals surface area contributed by atoms with Crippen LogP contribution >= 0.6 is 0 Å². The highest BCUT2D eigenvalue weighted by Gasteiger charge is 2.15. The summed E-state index contributed by atoms with van der Waals surface area (Å²) in [6, 6.07) is 22.5. The van der Waals surface area contributed by atoms with Crippen LogP contribution in [0.1, 0.15) is 41.8 Å². The van der Waals surface area contributed by atoms with Crippen molar-refractivity contribution in [3.8, 4) is 11.5 Å². The number of esters is 1. The highest BCUT2D eigenvalue weighted by atomic mass is 16.5. The molecule has 0 aliphatic carbocycles. The van der Waals surface area contributed by atoms with Crippen LogP contribution in [0.2, 0.25) is 0 Å². The lowest BCUT2D eigenvalue weighted by molar-refractivity contribution is -0.131. The van der Waals surface area contributed by atoms with Crippen LogP contribution in [0.3, 0.4) is 0 Å². The van der Waals surface area contributed by atoms with Crippen LogP contribution in [0.15, 0.2) is 72.8 Å². The van der Waals surface area contributed by atoms with Gasteiger partial charge < -0.3 is 20.5 Å². The number of nitrogens with two attached hydrogens (primary N) is 1. The van der Waals surface area contributed by atoms with E-state index in [2.05, 4.69) is 12.2 Å². The molecule has 0 fully saturated rings. The van der Waals surface area contributed by atoms with Gasteiger partial charge in [-0.15, -0.1) is 0 Å². The Hall–Kier alpha value is -3.80. The Morgan fingerprint density at radius 2 is 1.69 bits per heavy atom. The second kappa shape index (κ2) is 11.0. The summed E-state index contributed by atoms with van der Waals surface area (Å²) in [5, 5.41) is 3.49. The summed E-state index contributed by atoms with van der Waals surface area (Å²) in [5.74, 6) is 0.434. The third-order valence-corrected chi connectivity index (χ3v) is 5.00. The number of nitrogens with one attached hydrogen (secondary N) is 1. The van der Waals surface area contributed by atoms with Gasteiger partial charge in [-0.3, -0.25) is 9.59 Å². The standard InChI is InChI=1S/C26H28N2O4/c1-18(11-12-20-13-15-21(16-14-20)26(27)30)28-25-22(7-6-10-24(25)32-19(2)29)17-31-23-8-4-3-5-9-23/h3-10,13-16,18,28H,11-12,17H2,1-2H3,(H2,27,30)/t18-/m1/s1. The van der Waals surface area contributed by atoms with Crippen LogP contribution in [-0.4, -0.2) is 17.9 Å². The van der Waals surface area contributed by atoms with Crippen LogP contribution in [0.4, 0.5) is 5.69 Å². The second-order valence-corrected chi connectivity index (χ2v) is 7.63. The van der Waals surface area contributed by atoms with E-state index in [4.69, 9.17) is 15.2 Å². The largest absolute Gasteiger partial charge is 0.489 e. The van der Waals surface area contributed by atoms with Gasteiger partial charge in [-0.1, -0.05) is 42.5 Å². The molecule has 3 N–H and O–H groups in total. The van der Waals surface area contributed by atoms with E-state index < -0.39 is 5.91 Å². The number of ether oxygens (including phenoxy) is 2. The molecule has 0 aliphatic heterocycles. The van der Waals surface area contributed by atoms with Crippen molar-refractivity contribution >= 4 is 17.6 Å². The van der Waals surface area contributed by atoms with Gasteiger partial charge in [-0.25, -0.2) is 0 Å². The summed E-state index contributed by atoms with van der Waals surface area (Å²) in [5.41, 5.74) is 8.55. The zero-order chi connectivity index (χ0) is 22.9. The van der Waals surface area contributed by atoms with Crippen LogP contribution in [0.25, 0.3) is 0 Å². The molecule has 0 bridgehead atoms. The van der Waals surface area contributed by atoms with E-state index in [1.807, 2.05) is 54.6 Å². The lowest BCUT2D eigenvalue weighted by Gasteiger charge is -2.21. The minimum absolute atomic E-state index is 0.0954. The van der Waals surface area contributed by atoms with Crippen molar-refractivity contribution in [2.75, 3.05) is 5.32 Å². The fraction of sp³-hybridized carbons (Fsp3) is 0.231. The molecular weight excluding hydrogens is 404 g/mol. The average molecular weight is 433 g/mol. The van der Waals surface area contributed by atoms with Crippen LogP contribution < -0.4 is 20.5 Å². The van der Waals surface area contributed by atoms with Crippen molar-refractivity contribution in [3.63, 3.8) is 0 Å². The van der Waals surface area contributed by atoms with E-state index in [9.17, 15) is 9.59 Å². The Balaban J connectivity index is 1.70. The molecule has 0 saturated heterocycles. The number of amides is 1. The highest BCUT2D eigenvalue weighted by Crippen LogP contribution is 2.31. The summed E-state index contributed by atoms with van der Waals surface area (Å²) < 4.78 is 11.4. The van der Waals surface area contributed by atoms with Gasteiger partial charge in [-0.05, 0) is 55.7 Å². The fourth-order valence-electron chi connectivity index (χ4n) is 3.32. The molecule has 1 atom stereocenters. The van der Waals surface area contributed by atoms with Crippen molar-refractivity contribution in [2.24, 2.45) is 5.73 Å². The smallest absolute Gasteiger partial charge is 0.308 e. The Kier molecular flexibility index (Phi) is 7.86. The number of para-hydroxylation sites is 2. The summed E-state index contributed by atoms with van der Waals surface area (Å²) in [4.78, 5) is 22.8. The molecule has 0 aliphatic rings. The minimum Gasteiger partial charge on any atom is -0.489 e. The van der Waals surface area contributed by atoms with E-state index >= 15 is 0 Å². The van der Waals surface area contributed by atoms with Crippen molar-refractivity contribution in [2.45, 2.75) is 39.3 Å². The van der Waals surface area contributed by atoms with E-state index in [0.717, 1.165) is 35.4 Å². The molecule has 3 rings (SSSR count). The molecule has 0 spiro atoms. The highest BCUT2D eigenvalue weighted by molar-refractivity contribution is 5.92. The van der Waals surface area contributed by atoms with Crippen LogP contribution in [-0.2, 0) is 17.8 Å². The molecule has 32 heavy (non-hydrogen) atoms. The first-order valence-electron chi connectivity index (χ1n) is 10.6. The molecule has 0 radical (unpaired) electrons. The predicted octanol–water partition coefficient (Wildman–Crippen LogP) is 4.72. The summed E-state index contributed by atoms with van der Waals surface area (Å²) in [6.07, 6.45) is 1.65. The van der Waals surface area contributed by atoms with Crippen molar-refractivity contribution < 1.29 is 19.1 Å². The number of hydrogen-bond donors (Lipinski definition) is 2. The van der Waals surface area contributed by atoms with Gasteiger partial charge >= 0.3 is 5.97 Å². The maximum atomic E-state index is 11.6. The van der Waals surface area contributed by atoms with Crippen molar-refractivity contribution in [3.05, 3.63) is 89.5 Å². The number of benzene rings is 3. The zero-order valence-corrected chi connectivity index (χ0v) is 18.3. The predicted molar refractivity (Wildman–Crippen MR) is 125 cm³/mol. The molecule has 3 aromatic rings. The Morgan fingerprint density at radius 3 is 2.34 bits per heavy atom. The summed E-state index contributed by atoms with van der Waals surface area (Å²) >= 11 is 0. The minimum atomic E-state index is -0.432. The van der Waals surface area contributed by atoms with Crippen LogP contribution in [0, 0.1) is 0 Å². The maximum Gasteiger partial charge on any atom is 0.308 e. The number of anilines is 1. The van der Waals surface area contributed by atoms with Gasteiger partial charge in [0, 0.05) is 24.1 Å². The zero-order valence-electron chi connectivity index (χ0n) is 18.3. The number of primary amides is 1. The van der Waals surface area contributed by atoms with Gasteiger partial charge in [0.15, 0.2) is 5.75 Å². The second-order valence-electron chi connectivity index (χ2n) is 7.63. The molecule has 6 nitrogen and oxygen atoms in total. The van der Waals surface area contributed by atoms with Gasteiger partial charge in [0.2, 0.25) is 5.91 Å². The molecule has 6 heteroatoms. The molecule has 166 valence electrons. The quantitative estimate of drug-likeness (QED) is 0.357. The normalized spacial score (nSPS) is 11.4. The number of hydrogen-bond acceptors (Lipinski definition) is 5. The summed E-state index contributed by atoms with van der Waals surface area (Å²) in [6.45, 7) is 3.79. The monoisotopic (exact) mass is 432 g/mol. The third-order valence-electron chi connectivity index (χ3n) is 5.00. The van der Waals surface area contributed by atoms with Gasteiger partial charge in [-0.2, -0.15) is 0 Å². The van der Waals surface area contributed by atoms with Crippen LogP contribution in [0.5, 0.6) is 11.5 Å². The molecule has 0 saturated carbocycles. The average Bonchev–Trinajstić information content (AvgIpc) is 2.78. The van der Waals surface area contributed by atoms with E-state index in [1.54, 1.807) is 18.2 Å².